The first kappa shape index (κ1) is 26.0. The van der Waals surface area contributed by atoms with Crippen molar-refractivity contribution in [1.82, 2.24) is 9.80 Å². The van der Waals surface area contributed by atoms with Crippen LogP contribution >= 0.6 is 11.3 Å². The fourth-order valence-corrected chi connectivity index (χ4v) is 4.56. The van der Waals surface area contributed by atoms with Crippen LogP contribution < -0.4 is 5.32 Å². The van der Waals surface area contributed by atoms with Gasteiger partial charge in [0.05, 0.1) is 18.2 Å². The second kappa shape index (κ2) is 12.7. The van der Waals surface area contributed by atoms with Crippen molar-refractivity contribution in [2.24, 2.45) is 5.92 Å². The Morgan fingerprint density at radius 2 is 1.80 bits per heavy atom. The maximum absolute atomic E-state index is 13.6. The Bertz CT molecular complexity index is 1170. The Morgan fingerprint density at radius 1 is 1.03 bits per heavy atom. The molecule has 0 radical (unpaired) electrons. The maximum Gasteiger partial charge on any atom is 0.322 e. The molecular weight excluding hydrogens is 456 g/mol. The molecule has 0 saturated heterocycles. The number of nitriles is 1. The molecule has 182 valence electrons. The van der Waals surface area contributed by atoms with Gasteiger partial charge in [-0.3, -0.25) is 4.79 Å². The molecule has 3 amide bonds. The van der Waals surface area contributed by atoms with Crippen LogP contribution in [0.3, 0.4) is 0 Å². The quantitative estimate of drug-likeness (QED) is 0.378. The molecule has 0 spiro atoms. The molecule has 7 heteroatoms. The van der Waals surface area contributed by atoms with Crippen LogP contribution in [0, 0.1) is 24.2 Å². The first-order valence-electron chi connectivity index (χ1n) is 11.8. The summed E-state index contributed by atoms with van der Waals surface area (Å²) in [5.74, 6) is 0.130. The van der Waals surface area contributed by atoms with E-state index in [-0.39, 0.29) is 24.4 Å². The Morgan fingerprint density at radius 3 is 2.46 bits per heavy atom. The zero-order valence-corrected chi connectivity index (χ0v) is 21.3. The Labute approximate surface area is 211 Å². The molecule has 3 rings (SSSR count). The van der Waals surface area contributed by atoms with Gasteiger partial charge in [0.1, 0.15) is 6.54 Å². The minimum Gasteiger partial charge on any atom is -0.332 e. The smallest absolute Gasteiger partial charge is 0.322 e. The normalized spacial score (nSPS) is 11.4. The minimum absolute atomic E-state index is 0.0225. The van der Waals surface area contributed by atoms with Crippen molar-refractivity contribution in [2.75, 3.05) is 18.4 Å². The highest BCUT2D eigenvalue weighted by atomic mass is 32.1. The van der Waals surface area contributed by atoms with Crippen LogP contribution in [-0.2, 0) is 17.9 Å². The van der Waals surface area contributed by atoms with E-state index in [0.717, 1.165) is 16.9 Å². The number of benzene rings is 2. The van der Waals surface area contributed by atoms with Gasteiger partial charge in [-0.05, 0) is 48.7 Å². The molecule has 0 aliphatic carbocycles. The lowest BCUT2D eigenvalue weighted by Gasteiger charge is -2.29. The summed E-state index contributed by atoms with van der Waals surface area (Å²) < 4.78 is 0. The second-order valence-corrected chi connectivity index (χ2v) is 10.1. The summed E-state index contributed by atoms with van der Waals surface area (Å²) in [5, 5.41) is 12.0. The fourth-order valence-electron chi connectivity index (χ4n) is 3.65. The number of anilines is 1. The molecule has 0 fully saturated rings. The number of nitrogens with one attached hydrogen (secondary N) is 1. The number of rotatable bonds is 10. The van der Waals surface area contributed by atoms with E-state index < -0.39 is 0 Å². The van der Waals surface area contributed by atoms with Crippen molar-refractivity contribution in [3.05, 3.63) is 87.6 Å². The SMILES string of the molecule is CC[C@@H](C)CN(CC(=O)N(Cc1ccccc1)Cc1ccc(C)s1)C(=O)Nc1cccc(C#N)c1. The van der Waals surface area contributed by atoms with Gasteiger partial charge in [-0.15, -0.1) is 11.3 Å². The van der Waals surface area contributed by atoms with Gasteiger partial charge in [0, 0.05) is 28.5 Å². The van der Waals surface area contributed by atoms with Crippen LogP contribution in [0.1, 0.15) is 41.1 Å². The maximum atomic E-state index is 13.6. The van der Waals surface area contributed by atoms with Gasteiger partial charge >= 0.3 is 6.03 Å². The van der Waals surface area contributed by atoms with E-state index in [1.807, 2.05) is 35.2 Å². The highest BCUT2D eigenvalue weighted by molar-refractivity contribution is 7.11. The molecule has 0 aliphatic heterocycles. The average molecular weight is 489 g/mol. The van der Waals surface area contributed by atoms with Gasteiger partial charge in [0.25, 0.3) is 0 Å². The highest BCUT2D eigenvalue weighted by Crippen LogP contribution is 2.19. The van der Waals surface area contributed by atoms with E-state index in [1.165, 1.54) is 4.88 Å². The largest absolute Gasteiger partial charge is 0.332 e. The van der Waals surface area contributed by atoms with E-state index in [9.17, 15) is 9.59 Å². The highest BCUT2D eigenvalue weighted by Gasteiger charge is 2.23. The number of thiophene rings is 1. The van der Waals surface area contributed by atoms with Crippen LogP contribution in [0.15, 0.2) is 66.7 Å². The van der Waals surface area contributed by atoms with Crippen LogP contribution in [-0.4, -0.2) is 34.8 Å². The molecule has 0 saturated carbocycles. The average Bonchev–Trinajstić information content (AvgIpc) is 3.28. The van der Waals surface area contributed by atoms with Gasteiger partial charge < -0.3 is 15.1 Å². The van der Waals surface area contributed by atoms with Crippen molar-refractivity contribution in [2.45, 2.75) is 40.3 Å². The predicted molar refractivity (Wildman–Crippen MR) is 141 cm³/mol. The Balaban J connectivity index is 1.79. The molecule has 6 nitrogen and oxygen atoms in total. The number of urea groups is 1. The summed E-state index contributed by atoms with van der Waals surface area (Å²) in [6.45, 7) is 7.59. The molecule has 1 N–H and O–H groups in total. The molecule has 0 aliphatic rings. The van der Waals surface area contributed by atoms with Crippen molar-refractivity contribution < 1.29 is 9.59 Å². The number of hydrogen-bond donors (Lipinski definition) is 1. The van der Waals surface area contributed by atoms with Gasteiger partial charge in [0.15, 0.2) is 0 Å². The van der Waals surface area contributed by atoms with Crippen molar-refractivity contribution >= 4 is 29.0 Å². The molecule has 0 bridgehead atoms. The van der Waals surface area contributed by atoms with E-state index in [4.69, 9.17) is 5.26 Å². The molecule has 1 atom stereocenters. The second-order valence-electron chi connectivity index (χ2n) is 8.76. The first-order chi connectivity index (χ1) is 16.9. The monoisotopic (exact) mass is 488 g/mol. The fraction of sp³-hybridized carbons (Fsp3) is 0.321. The summed E-state index contributed by atoms with van der Waals surface area (Å²) in [5.41, 5.74) is 2.04. The van der Waals surface area contributed by atoms with Gasteiger partial charge in [-0.25, -0.2) is 4.79 Å². The van der Waals surface area contributed by atoms with Crippen LogP contribution in [0.5, 0.6) is 0 Å². The van der Waals surface area contributed by atoms with E-state index in [2.05, 4.69) is 44.3 Å². The Kier molecular flexibility index (Phi) is 9.45. The third kappa shape index (κ3) is 7.97. The van der Waals surface area contributed by atoms with Gasteiger partial charge in [0.2, 0.25) is 5.91 Å². The molecule has 1 aromatic heterocycles. The molecule has 2 aromatic carbocycles. The predicted octanol–water partition coefficient (Wildman–Crippen LogP) is 6.04. The van der Waals surface area contributed by atoms with E-state index in [0.29, 0.717) is 30.9 Å². The van der Waals surface area contributed by atoms with Crippen molar-refractivity contribution in [3.8, 4) is 6.07 Å². The van der Waals surface area contributed by atoms with E-state index in [1.54, 1.807) is 40.5 Å². The number of carbonyl (C=O) groups excluding carboxylic acids is 2. The first-order valence-corrected chi connectivity index (χ1v) is 12.6. The summed E-state index contributed by atoms with van der Waals surface area (Å²) in [4.78, 5) is 32.5. The zero-order valence-electron chi connectivity index (χ0n) is 20.5. The van der Waals surface area contributed by atoms with Crippen LogP contribution in [0.2, 0.25) is 0 Å². The number of aryl methyl sites for hydroxylation is 1. The lowest BCUT2D eigenvalue weighted by molar-refractivity contribution is -0.133. The van der Waals surface area contributed by atoms with Crippen molar-refractivity contribution in [3.63, 3.8) is 0 Å². The molecule has 3 aromatic rings. The van der Waals surface area contributed by atoms with Gasteiger partial charge in [-0.2, -0.15) is 5.26 Å². The molecule has 35 heavy (non-hydrogen) atoms. The van der Waals surface area contributed by atoms with Crippen molar-refractivity contribution in [1.29, 1.82) is 5.26 Å². The summed E-state index contributed by atoms with van der Waals surface area (Å²) >= 11 is 1.68. The summed E-state index contributed by atoms with van der Waals surface area (Å²) in [6.07, 6.45) is 0.893. The lowest BCUT2D eigenvalue weighted by Crippen LogP contribution is -2.45. The standard InChI is InChI=1S/C28H32N4O2S/c1-4-21(2)17-32(28(34)30-25-12-8-11-24(15-25)16-29)20-27(33)31(18-23-9-6-5-7-10-23)19-26-14-13-22(3)35-26/h5-15,21H,4,17-20H2,1-3H3,(H,30,34)/t21-/m1/s1. The number of carbonyl (C=O) groups is 2. The zero-order chi connectivity index (χ0) is 25.2. The Hall–Kier alpha value is -3.63. The number of nitrogens with zero attached hydrogens (tertiary/aromatic N) is 3. The van der Waals surface area contributed by atoms with E-state index >= 15 is 0 Å². The van der Waals surface area contributed by atoms with Crippen LogP contribution in [0.25, 0.3) is 0 Å². The third-order valence-electron chi connectivity index (χ3n) is 5.80. The summed E-state index contributed by atoms with van der Waals surface area (Å²) in [6, 6.07) is 22.5. The van der Waals surface area contributed by atoms with Crippen LogP contribution in [0.4, 0.5) is 10.5 Å². The third-order valence-corrected chi connectivity index (χ3v) is 6.78. The number of hydrogen-bond acceptors (Lipinski definition) is 4. The molecule has 0 unspecified atom stereocenters. The number of amides is 3. The lowest BCUT2D eigenvalue weighted by atomic mass is 10.1. The topological polar surface area (TPSA) is 76.4 Å². The summed E-state index contributed by atoms with van der Waals surface area (Å²) in [7, 11) is 0. The minimum atomic E-state index is -0.347. The molecular formula is C28H32N4O2S. The molecule has 1 heterocycles. The van der Waals surface area contributed by atoms with Gasteiger partial charge in [-0.1, -0.05) is 56.7 Å².